The van der Waals surface area contributed by atoms with Crippen molar-refractivity contribution in [3.05, 3.63) is 34.3 Å². The number of nitrogens with one attached hydrogen (secondary N) is 1. The van der Waals surface area contributed by atoms with Crippen LogP contribution in [-0.4, -0.2) is 77.8 Å². The Morgan fingerprint density at radius 3 is 2.72 bits per heavy atom. The molecule has 1 aromatic heterocycles. The molecule has 2 fully saturated rings. The number of aliphatic hydroxyl groups is 1. The van der Waals surface area contributed by atoms with Crippen LogP contribution >= 0.6 is 11.3 Å². The Bertz CT molecular complexity index is 1270. The molecule has 1 saturated heterocycles. The SMILES string of the molecule is CC(C(=O)N1CCN(C)CC1)C1CCC2(C)Cc3sc(NC(=O)c4ccc5c(c4)OCO5)nc3C(C)C2C1O. The zero-order valence-corrected chi connectivity index (χ0v) is 23.9. The summed E-state index contributed by atoms with van der Waals surface area (Å²) in [6, 6.07) is 5.14. The van der Waals surface area contributed by atoms with Crippen LogP contribution in [-0.2, 0) is 11.2 Å². The summed E-state index contributed by atoms with van der Waals surface area (Å²) >= 11 is 1.53. The molecule has 9 nitrogen and oxygen atoms in total. The number of hydrogen-bond acceptors (Lipinski definition) is 8. The first kappa shape index (κ1) is 26.5. The van der Waals surface area contributed by atoms with Crippen molar-refractivity contribution < 1.29 is 24.2 Å². The number of piperazine rings is 1. The zero-order valence-electron chi connectivity index (χ0n) is 23.1. The van der Waals surface area contributed by atoms with Crippen LogP contribution in [0.1, 0.15) is 60.5 Å². The summed E-state index contributed by atoms with van der Waals surface area (Å²) < 4.78 is 10.8. The van der Waals surface area contributed by atoms with Gasteiger partial charge in [-0.2, -0.15) is 0 Å². The molecule has 6 unspecified atom stereocenters. The molecule has 39 heavy (non-hydrogen) atoms. The Kier molecular flexibility index (Phi) is 6.84. The molecule has 210 valence electrons. The highest BCUT2D eigenvalue weighted by atomic mass is 32.1. The minimum Gasteiger partial charge on any atom is -0.454 e. The summed E-state index contributed by atoms with van der Waals surface area (Å²) in [4.78, 5) is 36.6. The fourth-order valence-corrected chi connectivity index (χ4v) is 8.56. The number of aliphatic hydroxyl groups excluding tert-OH is 1. The lowest BCUT2D eigenvalue weighted by Crippen LogP contribution is -2.55. The number of fused-ring (bicyclic) bond motifs is 3. The lowest BCUT2D eigenvalue weighted by molar-refractivity contribution is -0.146. The first-order chi connectivity index (χ1) is 18.6. The van der Waals surface area contributed by atoms with Gasteiger partial charge < -0.3 is 24.4 Å². The zero-order chi connectivity index (χ0) is 27.5. The molecule has 10 heteroatoms. The molecule has 2 aliphatic heterocycles. The largest absolute Gasteiger partial charge is 0.454 e. The van der Waals surface area contributed by atoms with Crippen LogP contribution in [0.2, 0.25) is 0 Å². The highest BCUT2D eigenvalue weighted by Gasteiger charge is 2.54. The third kappa shape index (κ3) is 4.70. The second kappa shape index (κ2) is 10.1. The predicted molar refractivity (Wildman–Crippen MR) is 148 cm³/mol. The fourth-order valence-electron chi connectivity index (χ4n) is 7.31. The summed E-state index contributed by atoms with van der Waals surface area (Å²) in [6.45, 7) is 9.87. The number of amides is 2. The molecule has 1 aromatic carbocycles. The number of aromatic nitrogens is 1. The van der Waals surface area contributed by atoms with Crippen LogP contribution in [0.25, 0.3) is 0 Å². The average Bonchev–Trinajstić information content (AvgIpc) is 3.54. The van der Waals surface area contributed by atoms with Crippen molar-refractivity contribution in [3.8, 4) is 11.5 Å². The monoisotopic (exact) mass is 554 g/mol. The van der Waals surface area contributed by atoms with E-state index in [0.29, 0.717) is 22.2 Å². The van der Waals surface area contributed by atoms with Gasteiger partial charge in [0.05, 0.1) is 11.8 Å². The summed E-state index contributed by atoms with van der Waals surface area (Å²) in [5.74, 6) is 0.875. The average molecular weight is 555 g/mol. The number of likely N-dealkylation sites (N-methyl/N-ethyl adjacent to an activating group) is 1. The second-order valence-corrected chi connectivity index (χ2v) is 13.2. The van der Waals surface area contributed by atoms with E-state index in [4.69, 9.17) is 14.5 Å². The lowest BCUT2D eigenvalue weighted by Gasteiger charge is -2.53. The van der Waals surface area contributed by atoms with Gasteiger partial charge in [-0.25, -0.2) is 4.98 Å². The highest BCUT2D eigenvalue weighted by Crippen LogP contribution is 2.57. The van der Waals surface area contributed by atoms with Crippen molar-refractivity contribution in [2.45, 2.75) is 52.1 Å². The van der Waals surface area contributed by atoms with Gasteiger partial charge in [0, 0.05) is 48.5 Å². The van der Waals surface area contributed by atoms with Gasteiger partial charge in [-0.3, -0.25) is 14.9 Å². The Labute approximate surface area is 233 Å². The van der Waals surface area contributed by atoms with Crippen LogP contribution in [0.3, 0.4) is 0 Å². The minimum absolute atomic E-state index is 0.00556. The molecule has 6 atom stereocenters. The van der Waals surface area contributed by atoms with Gasteiger partial charge >= 0.3 is 0 Å². The summed E-state index contributed by atoms with van der Waals surface area (Å²) in [5.41, 5.74) is 1.36. The number of carbonyl (C=O) groups is 2. The summed E-state index contributed by atoms with van der Waals surface area (Å²) in [6.07, 6.45) is 2.04. The molecule has 1 saturated carbocycles. The third-order valence-electron chi connectivity index (χ3n) is 9.62. The van der Waals surface area contributed by atoms with E-state index in [-0.39, 0.29) is 47.7 Å². The normalized spacial score (nSPS) is 30.8. The van der Waals surface area contributed by atoms with Crippen LogP contribution in [0, 0.1) is 23.2 Å². The molecule has 4 aliphatic rings. The van der Waals surface area contributed by atoms with Gasteiger partial charge in [0.1, 0.15) is 0 Å². The number of benzene rings is 1. The van der Waals surface area contributed by atoms with Crippen molar-refractivity contribution in [2.24, 2.45) is 23.2 Å². The molecule has 6 rings (SSSR count). The van der Waals surface area contributed by atoms with Crippen molar-refractivity contribution in [2.75, 3.05) is 45.3 Å². The van der Waals surface area contributed by atoms with E-state index in [0.717, 1.165) is 51.1 Å². The smallest absolute Gasteiger partial charge is 0.257 e. The summed E-state index contributed by atoms with van der Waals surface area (Å²) in [5, 5.41) is 15.3. The van der Waals surface area contributed by atoms with E-state index in [1.54, 1.807) is 18.2 Å². The van der Waals surface area contributed by atoms with Crippen molar-refractivity contribution >= 4 is 28.3 Å². The number of thiazole rings is 1. The predicted octanol–water partition coefficient (Wildman–Crippen LogP) is 3.59. The quantitative estimate of drug-likeness (QED) is 0.595. The highest BCUT2D eigenvalue weighted by molar-refractivity contribution is 7.15. The van der Waals surface area contributed by atoms with E-state index < -0.39 is 6.10 Å². The number of nitrogens with zero attached hydrogens (tertiary/aromatic N) is 3. The molecule has 3 heterocycles. The fraction of sp³-hybridized carbons (Fsp3) is 0.621. The van der Waals surface area contributed by atoms with E-state index in [2.05, 4.69) is 31.1 Å². The van der Waals surface area contributed by atoms with Crippen LogP contribution in [0.5, 0.6) is 11.5 Å². The van der Waals surface area contributed by atoms with Gasteiger partial charge in [-0.15, -0.1) is 11.3 Å². The van der Waals surface area contributed by atoms with Gasteiger partial charge in [0.15, 0.2) is 16.6 Å². The molecule has 2 aliphatic carbocycles. The van der Waals surface area contributed by atoms with Crippen LogP contribution < -0.4 is 14.8 Å². The van der Waals surface area contributed by atoms with Gasteiger partial charge in [-0.05, 0) is 61.8 Å². The van der Waals surface area contributed by atoms with Gasteiger partial charge in [0.25, 0.3) is 5.91 Å². The van der Waals surface area contributed by atoms with Gasteiger partial charge in [0.2, 0.25) is 12.7 Å². The number of rotatable bonds is 4. The Balaban J connectivity index is 1.18. The standard InChI is InChI=1S/C29H38N4O5S/c1-16(27(36)33-11-9-32(4)10-12-33)19-7-8-29(3)14-22-24(17(2)23(29)25(19)34)30-28(39-22)31-26(35)18-5-6-20-21(13-18)38-15-37-20/h5-6,13,16-17,19,23,25,34H,7-12,14-15H2,1-4H3,(H,30,31,35). The summed E-state index contributed by atoms with van der Waals surface area (Å²) in [7, 11) is 2.09. The molecule has 0 spiro atoms. The van der Waals surface area contributed by atoms with E-state index in [1.807, 2.05) is 11.8 Å². The molecule has 0 radical (unpaired) electrons. The van der Waals surface area contributed by atoms with Crippen LogP contribution in [0.4, 0.5) is 5.13 Å². The molecule has 2 N–H and O–H groups in total. The number of carbonyl (C=O) groups excluding carboxylic acids is 2. The molecule has 2 aromatic rings. The Hall–Kier alpha value is -2.69. The molecular formula is C29H38N4O5S. The van der Waals surface area contributed by atoms with Crippen molar-refractivity contribution in [1.29, 1.82) is 0 Å². The number of ether oxygens (including phenoxy) is 2. The van der Waals surface area contributed by atoms with E-state index >= 15 is 0 Å². The second-order valence-electron chi connectivity index (χ2n) is 12.1. The maximum atomic E-state index is 13.4. The molecular weight excluding hydrogens is 516 g/mol. The van der Waals surface area contributed by atoms with Gasteiger partial charge in [-0.1, -0.05) is 20.8 Å². The third-order valence-corrected chi connectivity index (χ3v) is 10.6. The lowest BCUT2D eigenvalue weighted by atomic mass is 9.53. The van der Waals surface area contributed by atoms with Crippen molar-refractivity contribution in [3.63, 3.8) is 0 Å². The first-order valence-electron chi connectivity index (χ1n) is 14.0. The Morgan fingerprint density at radius 2 is 1.95 bits per heavy atom. The maximum Gasteiger partial charge on any atom is 0.257 e. The van der Waals surface area contributed by atoms with E-state index in [1.165, 1.54) is 16.2 Å². The molecule has 2 amide bonds. The Morgan fingerprint density at radius 1 is 1.21 bits per heavy atom. The maximum absolute atomic E-state index is 13.4. The number of anilines is 1. The molecule has 0 bridgehead atoms. The van der Waals surface area contributed by atoms with E-state index in [9.17, 15) is 14.7 Å². The topological polar surface area (TPSA) is 104 Å². The first-order valence-corrected chi connectivity index (χ1v) is 14.8. The van der Waals surface area contributed by atoms with Crippen LogP contribution in [0.15, 0.2) is 18.2 Å². The van der Waals surface area contributed by atoms with Crippen molar-refractivity contribution in [1.82, 2.24) is 14.8 Å². The minimum atomic E-state index is -0.577. The number of hydrogen-bond donors (Lipinski definition) is 2.